The molecule has 35 heavy (non-hydrogen) atoms. The third kappa shape index (κ3) is 4.56. The molecule has 8 heteroatoms. The second-order valence-electron chi connectivity index (χ2n) is 10.0. The molecule has 3 aromatic rings. The van der Waals surface area contributed by atoms with Crippen LogP contribution in [0.15, 0.2) is 36.4 Å². The molecule has 5 rings (SSSR count). The van der Waals surface area contributed by atoms with Crippen LogP contribution in [0.5, 0.6) is 0 Å². The van der Waals surface area contributed by atoms with Crippen molar-refractivity contribution in [2.45, 2.75) is 64.2 Å². The average molecular weight is 484 g/mol. The van der Waals surface area contributed by atoms with Gasteiger partial charge in [-0.15, -0.1) is 5.10 Å². The van der Waals surface area contributed by atoms with Gasteiger partial charge in [0.15, 0.2) is 5.82 Å². The van der Waals surface area contributed by atoms with E-state index in [0.29, 0.717) is 16.9 Å². The molecule has 0 bridgehead atoms. The van der Waals surface area contributed by atoms with Gasteiger partial charge >= 0.3 is 6.18 Å². The van der Waals surface area contributed by atoms with Crippen LogP contribution in [-0.4, -0.2) is 35.4 Å². The lowest BCUT2D eigenvalue weighted by molar-refractivity contribution is -0.138. The average Bonchev–Trinajstić information content (AvgIpc) is 3.28. The fraction of sp³-hybridized carbons (Fsp3) is 0.481. The topological polar surface area (TPSA) is 53.1 Å². The molecule has 5 nitrogen and oxygen atoms in total. The number of rotatable bonds is 4. The van der Waals surface area contributed by atoms with Crippen LogP contribution in [0.3, 0.4) is 0 Å². The van der Waals surface area contributed by atoms with Crippen LogP contribution in [0, 0.1) is 13.8 Å². The predicted molar refractivity (Wildman–Crippen MR) is 134 cm³/mol. The van der Waals surface area contributed by atoms with Crippen LogP contribution in [0.4, 0.5) is 24.7 Å². The molecule has 3 heterocycles. The number of piperidine rings is 1. The van der Waals surface area contributed by atoms with Crippen LogP contribution < -0.4 is 15.5 Å². The first-order chi connectivity index (χ1) is 16.7. The smallest absolute Gasteiger partial charge is 0.371 e. The van der Waals surface area contributed by atoms with Crippen molar-refractivity contribution in [3.63, 3.8) is 0 Å². The molecular formula is C27H32F3N5. The second-order valence-corrected chi connectivity index (χ2v) is 10.0. The van der Waals surface area contributed by atoms with Crippen molar-refractivity contribution >= 4 is 22.3 Å². The highest BCUT2D eigenvalue weighted by Gasteiger charge is 2.37. The van der Waals surface area contributed by atoms with E-state index in [1.54, 1.807) is 6.07 Å². The van der Waals surface area contributed by atoms with Gasteiger partial charge in [0.05, 0.1) is 17.3 Å². The molecule has 0 saturated carbocycles. The number of nitrogens with zero attached hydrogens (tertiary/aromatic N) is 3. The largest absolute Gasteiger partial charge is 0.416 e. The van der Waals surface area contributed by atoms with Crippen molar-refractivity contribution in [3.8, 4) is 0 Å². The Labute approximate surface area is 204 Å². The zero-order chi connectivity index (χ0) is 24.8. The number of aromatic nitrogens is 2. The maximum Gasteiger partial charge on any atom is 0.416 e. The van der Waals surface area contributed by atoms with Crippen molar-refractivity contribution in [3.05, 3.63) is 58.8 Å². The maximum absolute atomic E-state index is 13.4. The second kappa shape index (κ2) is 8.97. The Kier molecular flexibility index (Phi) is 6.11. The first-order valence-electron chi connectivity index (χ1n) is 12.4. The van der Waals surface area contributed by atoms with Crippen LogP contribution in [-0.2, 0) is 6.18 Å². The Balaban J connectivity index is 1.43. The molecule has 1 atom stereocenters. The van der Waals surface area contributed by atoms with Gasteiger partial charge in [0, 0.05) is 35.1 Å². The lowest BCUT2D eigenvalue weighted by Gasteiger charge is -2.40. The molecule has 2 fully saturated rings. The Bertz CT molecular complexity index is 1220. The van der Waals surface area contributed by atoms with E-state index in [1.807, 2.05) is 13.8 Å². The van der Waals surface area contributed by atoms with Gasteiger partial charge in [-0.1, -0.05) is 18.2 Å². The zero-order valence-electron chi connectivity index (χ0n) is 20.5. The molecule has 0 amide bonds. The molecule has 186 valence electrons. The quantitative estimate of drug-likeness (QED) is 0.465. The molecule has 0 radical (unpaired) electrons. The third-order valence-corrected chi connectivity index (χ3v) is 7.87. The monoisotopic (exact) mass is 483 g/mol. The molecule has 2 aliphatic heterocycles. The van der Waals surface area contributed by atoms with E-state index in [2.05, 4.69) is 43.9 Å². The van der Waals surface area contributed by atoms with Gasteiger partial charge in [0.25, 0.3) is 0 Å². The number of alkyl halides is 3. The fourth-order valence-corrected chi connectivity index (χ4v) is 5.78. The number of hydrogen-bond donors (Lipinski definition) is 2. The highest BCUT2D eigenvalue weighted by molar-refractivity contribution is 5.95. The standard InChI is InChI=1S/C27H32F3N5/c1-17-21(6-4-7-24(17)27(28,29)30)18(2)32-25-23-16-20(8-9-22(23)19(3)33-34-25)35-14-11-26(12-15-35)10-5-13-31-26/h4,6-9,16,18,31H,5,10-15H2,1-3H3,(H,32,34)/t18-/m1/s1. The Morgan fingerprint density at radius 1 is 1.03 bits per heavy atom. The van der Waals surface area contributed by atoms with Crippen LogP contribution in [0.2, 0.25) is 0 Å². The molecule has 1 aromatic heterocycles. The molecule has 0 unspecified atom stereocenters. The van der Waals surface area contributed by atoms with Gasteiger partial charge in [-0.25, -0.2) is 0 Å². The number of halogens is 3. The first kappa shape index (κ1) is 23.9. The highest BCUT2D eigenvalue weighted by atomic mass is 19.4. The summed E-state index contributed by atoms with van der Waals surface area (Å²) in [4.78, 5) is 2.42. The number of hydrogen-bond acceptors (Lipinski definition) is 5. The number of anilines is 2. The number of nitrogens with one attached hydrogen (secondary N) is 2. The minimum atomic E-state index is -4.38. The lowest BCUT2D eigenvalue weighted by Crippen LogP contribution is -2.50. The summed E-state index contributed by atoms with van der Waals surface area (Å²) in [5, 5.41) is 17.7. The van der Waals surface area contributed by atoms with E-state index in [-0.39, 0.29) is 11.6 Å². The molecule has 2 N–H and O–H groups in total. The van der Waals surface area contributed by atoms with Crippen molar-refractivity contribution < 1.29 is 13.2 Å². The van der Waals surface area contributed by atoms with E-state index >= 15 is 0 Å². The van der Waals surface area contributed by atoms with Crippen LogP contribution in [0.25, 0.3) is 10.8 Å². The summed E-state index contributed by atoms with van der Waals surface area (Å²) >= 11 is 0. The van der Waals surface area contributed by atoms with Crippen molar-refractivity contribution in [1.29, 1.82) is 0 Å². The third-order valence-electron chi connectivity index (χ3n) is 7.87. The van der Waals surface area contributed by atoms with Crippen LogP contribution >= 0.6 is 0 Å². The van der Waals surface area contributed by atoms with Gasteiger partial charge in [0.2, 0.25) is 0 Å². The molecule has 1 spiro atoms. The number of aryl methyl sites for hydroxylation is 1. The minimum absolute atomic E-state index is 0.229. The summed E-state index contributed by atoms with van der Waals surface area (Å²) in [6.45, 7) is 8.42. The molecule has 2 aromatic carbocycles. The zero-order valence-corrected chi connectivity index (χ0v) is 20.5. The van der Waals surface area contributed by atoms with E-state index < -0.39 is 11.7 Å². The number of benzene rings is 2. The van der Waals surface area contributed by atoms with E-state index in [0.717, 1.165) is 60.7 Å². The Hall–Kier alpha value is -2.87. The Morgan fingerprint density at radius 2 is 1.80 bits per heavy atom. The van der Waals surface area contributed by atoms with Gasteiger partial charge < -0.3 is 15.5 Å². The first-order valence-corrected chi connectivity index (χ1v) is 12.4. The molecule has 2 saturated heterocycles. The minimum Gasteiger partial charge on any atom is -0.371 e. The predicted octanol–water partition coefficient (Wildman–Crippen LogP) is 6.16. The van der Waals surface area contributed by atoms with E-state index in [9.17, 15) is 13.2 Å². The molecule has 0 aliphatic carbocycles. The molecule has 2 aliphatic rings. The van der Waals surface area contributed by atoms with E-state index in [1.165, 1.54) is 25.8 Å². The SMILES string of the molecule is Cc1c([C@@H](C)Nc2nnc(C)c3ccc(N4CCC5(CCCN5)CC4)cc23)cccc1C(F)(F)F. The fourth-order valence-electron chi connectivity index (χ4n) is 5.78. The van der Waals surface area contributed by atoms with Gasteiger partial charge in [-0.05, 0) is 82.3 Å². The summed E-state index contributed by atoms with van der Waals surface area (Å²) in [6.07, 6.45) is 0.401. The lowest BCUT2D eigenvalue weighted by atomic mass is 9.86. The number of fused-ring (bicyclic) bond motifs is 1. The summed E-state index contributed by atoms with van der Waals surface area (Å²) in [7, 11) is 0. The summed E-state index contributed by atoms with van der Waals surface area (Å²) in [5.74, 6) is 0.586. The van der Waals surface area contributed by atoms with Gasteiger partial charge in [0.1, 0.15) is 0 Å². The van der Waals surface area contributed by atoms with Crippen molar-refractivity contribution in [2.75, 3.05) is 29.9 Å². The summed E-state index contributed by atoms with van der Waals surface area (Å²) < 4.78 is 40.3. The Morgan fingerprint density at radius 3 is 2.49 bits per heavy atom. The highest BCUT2D eigenvalue weighted by Crippen LogP contribution is 2.37. The van der Waals surface area contributed by atoms with E-state index in [4.69, 9.17) is 0 Å². The van der Waals surface area contributed by atoms with Gasteiger partial charge in [-0.3, -0.25) is 0 Å². The van der Waals surface area contributed by atoms with Gasteiger partial charge in [-0.2, -0.15) is 18.3 Å². The van der Waals surface area contributed by atoms with Crippen LogP contribution in [0.1, 0.15) is 61.0 Å². The maximum atomic E-state index is 13.4. The van der Waals surface area contributed by atoms with Crippen molar-refractivity contribution in [1.82, 2.24) is 15.5 Å². The molecular weight excluding hydrogens is 451 g/mol. The summed E-state index contributed by atoms with van der Waals surface area (Å²) in [6, 6.07) is 10.3. The van der Waals surface area contributed by atoms with Crippen molar-refractivity contribution in [2.24, 2.45) is 0 Å². The summed E-state index contributed by atoms with van der Waals surface area (Å²) in [5.41, 5.74) is 2.49. The normalized spacial score (nSPS) is 18.9.